The number of nitrogens with one attached hydrogen (secondary N) is 2. The lowest BCUT2D eigenvalue weighted by molar-refractivity contribution is 0.271. The highest BCUT2D eigenvalue weighted by atomic mass is 32.2. The summed E-state index contributed by atoms with van der Waals surface area (Å²) in [5.41, 5.74) is 0. The van der Waals surface area contributed by atoms with Crippen LogP contribution in [-0.2, 0) is 10.0 Å². The molecule has 0 amide bonds. The Morgan fingerprint density at radius 2 is 1.65 bits per heavy atom. The van der Waals surface area contributed by atoms with Gasteiger partial charge in [-0.2, -0.15) is 0 Å². The predicted molar refractivity (Wildman–Crippen MR) is 86.5 cm³/mol. The van der Waals surface area contributed by atoms with Crippen molar-refractivity contribution in [1.82, 2.24) is 14.9 Å². The Hall–Kier alpha value is -0.170. The fourth-order valence-electron chi connectivity index (χ4n) is 1.69. The predicted octanol–water partition coefficient (Wildman–Crippen LogP) is 1.41. The van der Waals surface area contributed by atoms with Gasteiger partial charge in [0.15, 0.2) is 0 Å². The largest absolute Gasteiger partial charge is 0.315 e. The molecule has 20 heavy (non-hydrogen) atoms. The molecule has 0 rings (SSSR count). The molecular weight excluding hydrogens is 274 g/mol. The Labute approximate surface area is 125 Å². The summed E-state index contributed by atoms with van der Waals surface area (Å²) in [6, 6.07) is 0.961. The van der Waals surface area contributed by atoms with Gasteiger partial charge in [0.1, 0.15) is 0 Å². The molecule has 0 aromatic rings. The fourth-order valence-corrected chi connectivity index (χ4v) is 2.88. The number of rotatable bonds is 12. The molecule has 6 heteroatoms. The van der Waals surface area contributed by atoms with Crippen molar-refractivity contribution in [3.63, 3.8) is 0 Å². The molecule has 0 bridgehead atoms. The van der Waals surface area contributed by atoms with E-state index in [2.05, 4.69) is 49.7 Å². The zero-order valence-electron chi connectivity index (χ0n) is 13.8. The van der Waals surface area contributed by atoms with E-state index in [1.165, 1.54) is 0 Å². The zero-order chi connectivity index (χ0) is 15.6. The molecule has 0 heterocycles. The van der Waals surface area contributed by atoms with E-state index >= 15 is 0 Å². The number of hydrogen-bond donors (Lipinski definition) is 2. The Morgan fingerprint density at radius 3 is 2.20 bits per heavy atom. The van der Waals surface area contributed by atoms with Crippen LogP contribution in [0.5, 0.6) is 0 Å². The first-order valence-corrected chi connectivity index (χ1v) is 9.31. The highest BCUT2D eigenvalue weighted by molar-refractivity contribution is 7.89. The van der Waals surface area contributed by atoms with E-state index in [1.54, 1.807) is 0 Å². The molecule has 122 valence electrons. The summed E-state index contributed by atoms with van der Waals surface area (Å²) in [7, 11) is -1.04. The molecule has 0 aromatic heterocycles. The van der Waals surface area contributed by atoms with E-state index in [1.807, 2.05) is 0 Å². The Bertz CT molecular complexity index is 329. The molecule has 0 aliphatic rings. The van der Waals surface area contributed by atoms with Gasteiger partial charge in [0.05, 0.1) is 5.75 Å². The first-order valence-electron chi connectivity index (χ1n) is 7.65. The van der Waals surface area contributed by atoms with E-state index in [4.69, 9.17) is 0 Å². The maximum absolute atomic E-state index is 11.8. The maximum Gasteiger partial charge on any atom is 0.211 e. The van der Waals surface area contributed by atoms with Crippen molar-refractivity contribution in [2.45, 2.75) is 59.0 Å². The van der Waals surface area contributed by atoms with Crippen LogP contribution in [0, 0.1) is 0 Å². The van der Waals surface area contributed by atoms with Gasteiger partial charge in [0.25, 0.3) is 0 Å². The minimum atomic E-state index is -3.10. The number of nitrogens with zero attached hydrogens (tertiary/aromatic N) is 1. The van der Waals surface area contributed by atoms with Crippen LogP contribution in [0.1, 0.15) is 47.0 Å². The molecule has 0 atom stereocenters. The first-order chi connectivity index (χ1) is 9.24. The van der Waals surface area contributed by atoms with E-state index in [0.29, 0.717) is 25.0 Å². The number of hydrogen-bond acceptors (Lipinski definition) is 4. The van der Waals surface area contributed by atoms with Gasteiger partial charge in [-0.25, -0.2) is 13.1 Å². The second-order valence-corrected chi connectivity index (χ2v) is 7.88. The highest BCUT2D eigenvalue weighted by Gasteiger charge is 2.09. The fraction of sp³-hybridized carbons (Fsp3) is 1.00. The maximum atomic E-state index is 11.8. The highest BCUT2D eigenvalue weighted by Crippen LogP contribution is 1.97. The van der Waals surface area contributed by atoms with Gasteiger partial charge in [0, 0.05) is 18.6 Å². The molecular formula is C14H33N3O2S. The molecule has 0 unspecified atom stereocenters. The van der Waals surface area contributed by atoms with Gasteiger partial charge in [-0.05, 0) is 53.2 Å². The van der Waals surface area contributed by atoms with E-state index in [-0.39, 0.29) is 5.75 Å². The topological polar surface area (TPSA) is 61.4 Å². The lowest BCUT2D eigenvalue weighted by Crippen LogP contribution is -2.32. The smallest absolute Gasteiger partial charge is 0.211 e. The number of unbranched alkanes of at least 4 members (excludes halogenated alkanes) is 1. The average Bonchev–Trinajstić information content (AvgIpc) is 2.33. The summed E-state index contributed by atoms with van der Waals surface area (Å²) in [5.74, 6) is 0.229. The van der Waals surface area contributed by atoms with Crippen LogP contribution < -0.4 is 10.0 Å². The van der Waals surface area contributed by atoms with Gasteiger partial charge < -0.3 is 10.2 Å². The van der Waals surface area contributed by atoms with Crippen LogP contribution in [0.4, 0.5) is 0 Å². The molecule has 0 spiro atoms. The molecule has 0 saturated heterocycles. The monoisotopic (exact) mass is 307 g/mol. The summed E-state index contributed by atoms with van der Waals surface area (Å²) in [6.45, 7) is 10.8. The SMILES string of the molecule is CC(C)NCCCCS(=O)(=O)NCCCN(C)C(C)C. The van der Waals surface area contributed by atoms with Crippen molar-refractivity contribution < 1.29 is 8.42 Å². The minimum Gasteiger partial charge on any atom is -0.315 e. The van der Waals surface area contributed by atoms with Crippen LogP contribution in [0.25, 0.3) is 0 Å². The third-order valence-corrected chi connectivity index (χ3v) is 4.75. The Kier molecular flexibility index (Phi) is 10.5. The van der Waals surface area contributed by atoms with Crippen molar-refractivity contribution in [2.75, 3.05) is 32.4 Å². The molecule has 0 radical (unpaired) electrons. The summed E-state index contributed by atoms with van der Waals surface area (Å²) in [6.07, 6.45) is 2.46. The Morgan fingerprint density at radius 1 is 1.00 bits per heavy atom. The summed E-state index contributed by atoms with van der Waals surface area (Å²) >= 11 is 0. The van der Waals surface area contributed by atoms with Crippen LogP contribution in [0.2, 0.25) is 0 Å². The quantitative estimate of drug-likeness (QED) is 0.535. The lowest BCUT2D eigenvalue weighted by atomic mass is 10.3. The van der Waals surface area contributed by atoms with Gasteiger partial charge in [-0.1, -0.05) is 13.8 Å². The molecule has 2 N–H and O–H groups in total. The van der Waals surface area contributed by atoms with Crippen molar-refractivity contribution in [1.29, 1.82) is 0 Å². The molecule has 5 nitrogen and oxygen atoms in total. The minimum absolute atomic E-state index is 0.229. The van der Waals surface area contributed by atoms with E-state index in [0.717, 1.165) is 25.9 Å². The Balaban J connectivity index is 3.64. The first kappa shape index (κ1) is 19.8. The molecule has 0 fully saturated rings. The van der Waals surface area contributed by atoms with Gasteiger partial charge in [0.2, 0.25) is 10.0 Å². The standard InChI is InChI=1S/C14H33N3O2S/c1-13(2)15-9-6-7-12-20(18,19)16-10-8-11-17(5)14(3)4/h13-16H,6-12H2,1-5H3. The van der Waals surface area contributed by atoms with Crippen LogP contribution >= 0.6 is 0 Å². The second kappa shape index (κ2) is 10.5. The van der Waals surface area contributed by atoms with Gasteiger partial charge in [-0.15, -0.1) is 0 Å². The third-order valence-electron chi connectivity index (χ3n) is 3.28. The van der Waals surface area contributed by atoms with Crippen LogP contribution in [-0.4, -0.2) is 57.8 Å². The van der Waals surface area contributed by atoms with Crippen molar-refractivity contribution >= 4 is 10.0 Å². The van der Waals surface area contributed by atoms with E-state index < -0.39 is 10.0 Å². The van der Waals surface area contributed by atoms with Gasteiger partial charge in [-0.3, -0.25) is 0 Å². The van der Waals surface area contributed by atoms with Crippen LogP contribution in [0.15, 0.2) is 0 Å². The third kappa shape index (κ3) is 11.6. The van der Waals surface area contributed by atoms with Crippen molar-refractivity contribution in [3.8, 4) is 0 Å². The zero-order valence-corrected chi connectivity index (χ0v) is 14.6. The second-order valence-electron chi connectivity index (χ2n) is 5.96. The summed E-state index contributed by atoms with van der Waals surface area (Å²) in [4.78, 5) is 2.21. The molecule has 0 saturated carbocycles. The molecule has 0 aromatic carbocycles. The number of sulfonamides is 1. The van der Waals surface area contributed by atoms with Crippen LogP contribution in [0.3, 0.4) is 0 Å². The van der Waals surface area contributed by atoms with E-state index in [9.17, 15) is 8.42 Å². The summed E-state index contributed by atoms with van der Waals surface area (Å²) < 4.78 is 26.2. The molecule has 0 aliphatic carbocycles. The molecule has 0 aliphatic heterocycles. The summed E-state index contributed by atoms with van der Waals surface area (Å²) in [5, 5.41) is 3.29. The average molecular weight is 308 g/mol. The lowest BCUT2D eigenvalue weighted by Gasteiger charge is -2.20. The normalized spacial score (nSPS) is 12.8. The van der Waals surface area contributed by atoms with Crippen molar-refractivity contribution in [2.24, 2.45) is 0 Å². The van der Waals surface area contributed by atoms with Gasteiger partial charge >= 0.3 is 0 Å². The van der Waals surface area contributed by atoms with Crippen molar-refractivity contribution in [3.05, 3.63) is 0 Å².